The molecule has 0 aliphatic heterocycles. The summed E-state index contributed by atoms with van der Waals surface area (Å²) in [7, 11) is 0. The van der Waals surface area contributed by atoms with Gasteiger partial charge in [-0.1, -0.05) is 0 Å². The maximum Gasteiger partial charge on any atom is 0.309 e. The molecule has 0 bridgehead atoms. The highest BCUT2D eigenvalue weighted by Gasteiger charge is 1.83. The van der Waals surface area contributed by atoms with E-state index in [2.05, 4.69) is 5.32 Å². The number of amides is 1. The van der Waals surface area contributed by atoms with Crippen LogP contribution in [0.1, 0.15) is 0 Å². The number of rotatable bonds is 6. The van der Waals surface area contributed by atoms with Crippen LogP contribution in [0.2, 0.25) is 0 Å². The first-order valence-electron chi connectivity index (χ1n) is 2.79. The van der Waals surface area contributed by atoms with Gasteiger partial charge in [0, 0.05) is 13.1 Å². The van der Waals surface area contributed by atoms with Gasteiger partial charge in [-0.05, 0) is 0 Å². The van der Waals surface area contributed by atoms with Crippen LogP contribution < -0.4 is 11.1 Å². The fourth-order valence-corrected chi connectivity index (χ4v) is 0.360. The summed E-state index contributed by atoms with van der Waals surface area (Å²) in [5.74, 6) is 0. The van der Waals surface area contributed by atoms with Crippen LogP contribution in [0.3, 0.4) is 0 Å². The molecule has 0 unspecified atom stereocenters. The zero-order chi connectivity index (χ0) is 6.95. The topological polar surface area (TPSA) is 64.3 Å². The minimum Gasteiger partial charge on any atom is -0.378 e. The molecule has 4 heteroatoms. The van der Waals surface area contributed by atoms with Gasteiger partial charge in [0.25, 0.3) is 0 Å². The van der Waals surface area contributed by atoms with Gasteiger partial charge in [-0.25, -0.2) is 0 Å². The van der Waals surface area contributed by atoms with E-state index in [4.69, 9.17) is 10.5 Å². The van der Waals surface area contributed by atoms with Crippen LogP contribution in [0.4, 0.5) is 0 Å². The van der Waals surface area contributed by atoms with E-state index in [0.29, 0.717) is 26.3 Å². The van der Waals surface area contributed by atoms with Crippen LogP contribution >= 0.6 is 0 Å². The van der Waals surface area contributed by atoms with Crippen molar-refractivity contribution in [2.75, 3.05) is 26.3 Å². The third-order valence-corrected chi connectivity index (χ3v) is 0.706. The molecule has 0 aromatic carbocycles. The predicted octanol–water partition coefficient (Wildman–Crippen LogP) is -1.38. The van der Waals surface area contributed by atoms with Crippen LogP contribution in [0.25, 0.3) is 0 Å². The highest BCUT2D eigenvalue weighted by molar-refractivity contribution is 5.46. The molecule has 1 amide bonds. The predicted molar refractivity (Wildman–Crippen MR) is 33.6 cm³/mol. The SMILES string of the molecule is NCCOCCN[C]=O. The molecule has 0 atom stereocenters. The van der Waals surface area contributed by atoms with Gasteiger partial charge in [-0.15, -0.1) is 0 Å². The van der Waals surface area contributed by atoms with Crippen LogP contribution in [0.5, 0.6) is 0 Å². The van der Waals surface area contributed by atoms with Crippen LogP contribution in [0.15, 0.2) is 0 Å². The summed E-state index contributed by atoms with van der Waals surface area (Å²) in [6, 6.07) is 0. The van der Waals surface area contributed by atoms with E-state index in [1.54, 1.807) is 0 Å². The number of hydrogen-bond donors (Lipinski definition) is 2. The third kappa shape index (κ3) is 7.39. The normalized spacial score (nSPS) is 9.00. The zero-order valence-electron chi connectivity index (χ0n) is 5.22. The molecule has 0 saturated carbocycles. The van der Waals surface area contributed by atoms with Crippen molar-refractivity contribution >= 4 is 6.41 Å². The summed E-state index contributed by atoms with van der Waals surface area (Å²) in [6.07, 6.45) is 1.53. The largest absolute Gasteiger partial charge is 0.378 e. The summed E-state index contributed by atoms with van der Waals surface area (Å²) in [5.41, 5.74) is 5.12. The molecular formula is C5H11N2O2. The Bertz CT molecular complexity index is 68.0. The summed E-state index contributed by atoms with van der Waals surface area (Å²) in [4.78, 5) is 9.52. The van der Waals surface area contributed by atoms with Gasteiger partial charge in [0.1, 0.15) is 0 Å². The Balaban J connectivity index is 2.66. The molecule has 0 aromatic heterocycles. The molecule has 53 valence electrons. The average Bonchev–Trinajstić information content (AvgIpc) is 1.89. The Labute approximate surface area is 54.4 Å². The molecule has 4 nitrogen and oxygen atoms in total. The Morgan fingerprint density at radius 1 is 1.56 bits per heavy atom. The standard InChI is InChI=1S/C5H11N2O2/c6-1-3-9-4-2-7-5-8/h1-4,6H2,(H,7,8). The van der Waals surface area contributed by atoms with Crippen molar-refractivity contribution in [3.8, 4) is 0 Å². The van der Waals surface area contributed by atoms with E-state index in [-0.39, 0.29) is 0 Å². The van der Waals surface area contributed by atoms with Gasteiger partial charge in [-0.2, -0.15) is 0 Å². The van der Waals surface area contributed by atoms with Crippen LogP contribution in [0, 0.1) is 0 Å². The van der Waals surface area contributed by atoms with Crippen molar-refractivity contribution in [3.05, 3.63) is 0 Å². The van der Waals surface area contributed by atoms with Crippen molar-refractivity contribution in [1.29, 1.82) is 0 Å². The maximum absolute atomic E-state index is 9.52. The van der Waals surface area contributed by atoms with Crippen molar-refractivity contribution in [2.24, 2.45) is 5.73 Å². The van der Waals surface area contributed by atoms with E-state index >= 15 is 0 Å². The van der Waals surface area contributed by atoms with Crippen LogP contribution in [-0.2, 0) is 9.53 Å². The quantitative estimate of drug-likeness (QED) is 0.345. The molecule has 0 saturated heterocycles. The number of nitrogens with one attached hydrogen (secondary N) is 1. The summed E-state index contributed by atoms with van der Waals surface area (Å²) in [5, 5.41) is 2.34. The fourth-order valence-electron chi connectivity index (χ4n) is 0.360. The van der Waals surface area contributed by atoms with Crippen molar-refractivity contribution < 1.29 is 9.53 Å². The van der Waals surface area contributed by atoms with Crippen molar-refractivity contribution in [1.82, 2.24) is 5.32 Å². The molecule has 0 aromatic rings. The van der Waals surface area contributed by atoms with Gasteiger partial charge < -0.3 is 15.8 Å². The minimum absolute atomic E-state index is 0.503. The fraction of sp³-hybridized carbons (Fsp3) is 0.800. The highest BCUT2D eigenvalue weighted by atomic mass is 16.5. The average molecular weight is 131 g/mol. The second-order valence-electron chi connectivity index (χ2n) is 1.43. The molecule has 3 N–H and O–H groups in total. The van der Waals surface area contributed by atoms with Gasteiger partial charge in [0.15, 0.2) is 0 Å². The van der Waals surface area contributed by atoms with Crippen LogP contribution in [-0.4, -0.2) is 32.7 Å². The summed E-state index contributed by atoms with van der Waals surface area (Å²) in [6.45, 7) is 2.07. The number of nitrogens with two attached hydrogens (primary N) is 1. The first kappa shape index (κ1) is 8.39. The van der Waals surface area contributed by atoms with E-state index in [1.165, 1.54) is 6.41 Å². The number of ether oxygens (including phenoxy) is 1. The van der Waals surface area contributed by atoms with Gasteiger partial charge in [0.2, 0.25) is 0 Å². The summed E-state index contributed by atoms with van der Waals surface area (Å²) >= 11 is 0. The highest BCUT2D eigenvalue weighted by Crippen LogP contribution is 1.67. The molecule has 0 rings (SSSR count). The molecular weight excluding hydrogens is 120 g/mol. The van der Waals surface area contributed by atoms with E-state index in [1.807, 2.05) is 0 Å². The second-order valence-corrected chi connectivity index (χ2v) is 1.43. The van der Waals surface area contributed by atoms with E-state index in [9.17, 15) is 4.79 Å². The maximum atomic E-state index is 9.52. The van der Waals surface area contributed by atoms with Gasteiger partial charge in [-0.3, -0.25) is 4.79 Å². The minimum atomic E-state index is 0.503. The second kappa shape index (κ2) is 7.39. The lowest BCUT2D eigenvalue weighted by molar-refractivity contribution is 0.146. The Morgan fingerprint density at radius 2 is 2.33 bits per heavy atom. The van der Waals surface area contributed by atoms with Gasteiger partial charge >= 0.3 is 6.41 Å². The Kier molecular flexibility index (Phi) is 6.89. The lowest BCUT2D eigenvalue weighted by Gasteiger charge is -1.98. The lowest BCUT2D eigenvalue weighted by Crippen LogP contribution is -2.19. The molecule has 1 radical (unpaired) electrons. The Hall–Kier alpha value is -0.610. The zero-order valence-corrected chi connectivity index (χ0v) is 5.22. The van der Waals surface area contributed by atoms with Gasteiger partial charge in [0.05, 0.1) is 13.2 Å². The first-order valence-corrected chi connectivity index (χ1v) is 2.79. The van der Waals surface area contributed by atoms with Crippen molar-refractivity contribution in [2.45, 2.75) is 0 Å². The van der Waals surface area contributed by atoms with E-state index < -0.39 is 0 Å². The van der Waals surface area contributed by atoms with Crippen molar-refractivity contribution in [3.63, 3.8) is 0 Å². The first-order chi connectivity index (χ1) is 4.41. The molecule has 9 heavy (non-hydrogen) atoms. The smallest absolute Gasteiger partial charge is 0.309 e. The molecule has 0 heterocycles. The number of carbonyl (C=O) groups excluding carboxylic acids is 1. The monoisotopic (exact) mass is 131 g/mol. The Morgan fingerprint density at radius 3 is 2.89 bits per heavy atom. The third-order valence-electron chi connectivity index (χ3n) is 0.706. The molecule has 0 spiro atoms. The lowest BCUT2D eigenvalue weighted by atomic mass is 10.6. The summed E-state index contributed by atoms with van der Waals surface area (Å²) < 4.78 is 4.92. The molecule has 0 fully saturated rings. The van der Waals surface area contributed by atoms with E-state index in [0.717, 1.165) is 0 Å². The number of hydrogen-bond acceptors (Lipinski definition) is 3. The molecule has 0 aliphatic carbocycles. The molecule has 0 aliphatic rings.